The van der Waals surface area contributed by atoms with Crippen LogP contribution in [0.3, 0.4) is 0 Å². The standard InChI is InChI=1S/C27H20FN3O5/c28-19-9-5-17(6-10-19)25(32)23-24(16-7-11-20(12-8-16)31(35)36)30(27(34)26(23)33)14-13-18-15-29-22-4-2-1-3-21(18)22/h1-12,15,24,29,32H,13-14H2/b25-23-. The molecule has 0 aliphatic carbocycles. The molecule has 0 spiro atoms. The van der Waals surface area contributed by atoms with Crippen LogP contribution in [0.1, 0.15) is 22.7 Å². The number of carbonyl (C=O) groups is 2. The van der Waals surface area contributed by atoms with Gasteiger partial charge in [0.1, 0.15) is 11.6 Å². The van der Waals surface area contributed by atoms with E-state index in [1.54, 1.807) is 0 Å². The van der Waals surface area contributed by atoms with E-state index in [1.165, 1.54) is 41.3 Å². The van der Waals surface area contributed by atoms with Crippen molar-refractivity contribution in [3.63, 3.8) is 0 Å². The number of nitro groups is 1. The lowest BCUT2D eigenvalue weighted by atomic mass is 9.95. The van der Waals surface area contributed by atoms with Crippen LogP contribution < -0.4 is 0 Å². The number of aliphatic hydroxyl groups is 1. The van der Waals surface area contributed by atoms with E-state index >= 15 is 0 Å². The number of benzene rings is 3. The molecule has 1 aromatic heterocycles. The van der Waals surface area contributed by atoms with Gasteiger partial charge in [0.25, 0.3) is 17.4 Å². The second-order valence-electron chi connectivity index (χ2n) is 8.46. The number of ketones is 1. The third-order valence-electron chi connectivity index (χ3n) is 6.37. The summed E-state index contributed by atoms with van der Waals surface area (Å²) >= 11 is 0. The van der Waals surface area contributed by atoms with E-state index in [2.05, 4.69) is 4.98 Å². The van der Waals surface area contributed by atoms with Crippen LogP contribution in [0.25, 0.3) is 16.7 Å². The number of aliphatic hydroxyl groups excluding tert-OH is 1. The number of H-pyrrole nitrogens is 1. The van der Waals surface area contributed by atoms with Gasteiger partial charge in [-0.1, -0.05) is 18.2 Å². The average Bonchev–Trinajstić information content (AvgIpc) is 3.41. The summed E-state index contributed by atoms with van der Waals surface area (Å²) in [4.78, 5) is 41.4. The number of para-hydroxylation sites is 1. The van der Waals surface area contributed by atoms with Crippen LogP contribution in [-0.4, -0.2) is 38.1 Å². The first kappa shape index (κ1) is 23.0. The second kappa shape index (κ2) is 9.10. The van der Waals surface area contributed by atoms with Gasteiger partial charge in [0, 0.05) is 41.3 Å². The van der Waals surface area contributed by atoms with Gasteiger partial charge in [0.05, 0.1) is 16.5 Å². The zero-order valence-electron chi connectivity index (χ0n) is 18.8. The number of nitrogens with one attached hydrogen (secondary N) is 1. The van der Waals surface area contributed by atoms with Crippen molar-refractivity contribution in [1.29, 1.82) is 0 Å². The zero-order chi connectivity index (χ0) is 25.4. The molecular weight excluding hydrogens is 465 g/mol. The number of carbonyl (C=O) groups excluding carboxylic acids is 2. The van der Waals surface area contributed by atoms with E-state index in [1.807, 2.05) is 30.5 Å². The SMILES string of the molecule is O=C1C(=O)N(CCc2c[nH]c3ccccc23)C(c2ccc([N+](=O)[O-])cc2)/C1=C(/O)c1ccc(F)cc1. The number of halogens is 1. The molecule has 4 aromatic rings. The van der Waals surface area contributed by atoms with Crippen molar-refractivity contribution < 1.29 is 24.0 Å². The zero-order valence-corrected chi connectivity index (χ0v) is 18.8. The molecule has 36 heavy (non-hydrogen) atoms. The molecule has 1 amide bonds. The Bertz CT molecular complexity index is 1520. The predicted octanol–water partition coefficient (Wildman–Crippen LogP) is 4.88. The normalized spacial score (nSPS) is 17.1. The number of likely N-dealkylation sites (tertiary alicyclic amines) is 1. The minimum Gasteiger partial charge on any atom is -0.507 e. The summed E-state index contributed by atoms with van der Waals surface area (Å²) in [5.74, 6) is -2.62. The summed E-state index contributed by atoms with van der Waals surface area (Å²) in [5.41, 5.74) is 2.21. The molecule has 0 bridgehead atoms. The molecule has 2 N–H and O–H groups in total. The molecule has 1 unspecified atom stereocenters. The number of non-ortho nitro benzene ring substituents is 1. The fourth-order valence-corrected chi connectivity index (χ4v) is 4.58. The molecule has 1 fully saturated rings. The van der Waals surface area contributed by atoms with Gasteiger partial charge in [-0.05, 0) is 60.0 Å². The van der Waals surface area contributed by atoms with Crippen molar-refractivity contribution >= 4 is 34.0 Å². The molecule has 5 rings (SSSR count). The lowest BCUT2D eigenvalue weighted by Crippen LogP contribution is -2.31. The van der Waals surface area contributed by atoms with Gasteiger partial charge in [-0.25, -0.2) is 4.39 Å². The first-order chi connectivity index (χ1) is 17.3. The molecule has 1 saturated heterocycles. The number of Topliss-reactive ketones (excluding diaryl/α,β-unsaturated/α-hetero) is 1. The van der Waals surface area contributed by atoms with Gasteiger partial charge < -0.3 is 15.0 Å². The summed E-state index contributed by atoms with van der Waals surface area (Å²) in [5, 5.41) is 23.2. The number of aromatic amines is 1. The Morgan fingerprint density at radius 1 is 1.03 bits per heavy atom. The van der Waals surface area contributed by atoms with Gasteiger partial charge in [-0.2, -0.15) is 0 Å². The fraction of sp³-hybridized carbons (Fsp3) is 0.111. The highest BCUT2D eigenvalue weighted by Gasteiger charge is 2.46. The molecule has 180 valence electrons. The predicted molar refractivity (Wildman–Crippen MR) is 131 cm³/mol. The molecule has 1 aliphatic heterocycles. The maximum Gasteiger partial charge on any atom is 0.295 e. The monoisotopic (exact) mass is 485 g/mol. The Balaban J connectivity index is 1.57. The van der Waals surface area contributed by atoms with Crippen LogP contribution in [0.2, 0.25) is 0 Å². The highest BCUT2D eigenvalue weighted by Crippen LogP contribution is 2.40. The van der Waals surface area contributed by atoms with E-state index in [9.17, 15) is 29.2 Å². The lowest BCUT2D eigenvalue weighted by Gasteiger charge is -2.25. The first-order valence-corrected chi connectivity index (χ1v) is 11.2. The average molecular weight is 485 g/mol. The molecule has 1 atom stereocenters. The summed E-state index contributed by atoms with van der Waals surface area (Å²) in [7, 11) is 0. The van der Waals surface area contributed by atoms with Gasteiger partial charge >= 0.3 is 0 Å². The lowest BCUT2D eigenvalue weighted by molar-refractivity contribution is -0.384. The smallest absolute Gasteiger partial charge is 0.295 e. The Kier molecular flexibility index (Phi) is 5.81. The van der Waals surface area contributed by atoms with Crippen LogP contribution in [0, 0.1) is 15.9 Å². The number of fused-ring (bicyclic) bond motifs is 1. The molecule has 0 saturated carbocycles. The van der Waals surface area contributed by atoms with Crippen LogP contribution in [0.5, 0.6) is 0 Å². The van der Waals surface area contributed by atoms with Gasteiger partial charge in [0.2, 0.25) is 0 Å². The van der Waals surface area contributed by atoms with Crippen molar-refractivity contribution in [3.05, 3.63) is 117 Å². The fourth-order valence-electron chi connectivity index (χ4n) is 4.58. The third-order valence-corrected chi connectivity index (χ3v) is 6.37. The quantitative estimate of drug-likeness (QED) is 0.133. The van der Waals surface area contributed by atoms with Crippen LogP contribution in [0.15, 0.2) is 84.6 Å². The molecule has 2 heterocycles. The number of nitro benzene ring substituents is 1. The largest absolute Gasteiger partial charge is 0.507 e. The van der Waals surface area contributed by atoms with Crippen molar-refractivity contribution in [2.75, 3.05) is 6.54 Å². The van der Waals surface area contributed by atoms with Crippen LogP contribution in [-0.2, 0) is 16.0 Å². The summed E-state index contributed by atoms with van der Waals surface area (Å²) in [6.07, 6.45) is 2.28. The van der Waals surface area contributed by atoms with Crippen LogP contribution >= 0.6 is 0 Å². The molecule has 0 radical (unpaired) electrons. The Morgan fingerprint density at radius 2 is 1.72 bits per heavy atom. The van der Waals surface area contributed by atoms with Crippen molar-refractivity contribution in [2.24, 2.45) is 0 Å². The van der Waals surface area contributed by atoms with Gasteiger partial charge in [-0.3, -0.25) is 19.7 Å². The Hall–Kier alpha value is -4.79. The maximum absolute atomic E-state index is 13.4. The van der Waals surface area contributed by atoms with E-state index in [0.29, 0.717) is 12.0 Å². The maximum atomic E-state index is 13.4. The van der Waals surface area contributed by atoms with Crippen molar-refractivity contribution in [1.82, 2.24) is 9.88 Å². The number of amides is 1. The molecular formula is C27H20FN3O5. The summed E-state index contributed by atoms with van der Waals surface area (Å²) < 4.78 is 13.4. The molecule has 9 heteroatoms. The number of hydrogen-bond acceptors (Lipinski definition) is 5. The highest BCUT2D eigenvalue weighted by atomic mass is 19.1. The van der Waals surface area contributed by atoms with Gasteiger partial charge in [0.15, 0.2) is 0 Å². The van der Waals surface area contributed by atoms with Gasteiger partial charge in [-0.15, -0.1) is 0 Å². The topological polar surface area (TPSA) is 117 Å². The second-order valence-corrected chi connectivity index (χ2v) is 8.46. The molecule has 8 nitrogen and oxygen atoms in total. The highest BCUT2D eigenvalue weighted by molar-refractivity contribution is 6.46. The first-order valence-electron chi connectivity index (χ1n) is 11.2. The Morgan fingerprint density at radius 3 is 2.42 bits per heavy atom. The molecule has 1 aliphatic rings. The van der Waals surface area contributed by atoms with E-state index in [-0.39, 0.29) is 23.4 Å². The minimum absolute atomic E-state index is 0.145. The van der Waals surface area contributed by atoms with Crippen molar-refractivity contribution in [2.45, 2.75) is 12.5 Å². The van der Waals surface area contributed by atoms with E-state index in [0.717, 1.165) is 28.6 Å². The van der Waals surface area contributed by atoms with E-state index in [4.69, 9.17) is 0 Å². The molecule has 3 aromatic carbocycles. The number of hydrogen-bond donors (Lipinski definition) is 2. The minimum atomic E-state index is -0.971. The third kappa shape index (κ3) is 4.00. The van der Waals surface area contributed by atoms with Crippen molar-refractivity contribution in [3.8, 4) is 0 Å². The Labute approximate surface area is 204 Å². The summed E-state index contributed by atoms with van der Waals surface area (Å²) in [6, 6.07) is 17.1. The van der Waals surface area contributed by atoms with E-state index < -0.39 is 34.2 Å². The summed E-state index contributed by atoms with van der Waals surface area (Å²) in [6.45, 7) is 0.161. The number of nitrogens with zero attached hydrogens (tertiary/aromatic N) is 2. The number of aromatic nitrogens is 1. The van der Waals surface area contributed by atoms with Crippen LogP contribution in [0.4, 0.5) is 10.1 Å². The number of rotatable bonds is 6.